The van der Waals surface area contributed by atoms with Gasteiger partial charge in [-0.2, -0.15) is 0 Å². The van der Waals surface area contributed by atoms with Gasteiger partial charge in [0.1, 0.15) is 5.78 Å². The molecule has 1 heteroatoms. The van der Waals surface area contributed by atoms with E-state index >= 15 is 0 Å². The van der Waals surface area contributed by atoms with E-state index in [0.29, 0.717) is 5.78 Å². The van der Waals surface area contributed by atoms with Crippen molar-refractivity contribution in [3.63, 3.8) is 0 Å². The minimum Gasteiger partial charge on any atom is -0.299 e. The van der Waals surface area contributed by atoms with Crippen molar-refractivity contribution in [2.45, 2.75) is 52.4 Å². The van der Waals surface area contributed by atoms with E-state index in [4.69, 9.17) is 0 Å². The Kier molecular flexibility index (Phi) is 2.69. The van der Waals surface area contributed by atoms with Crippen molar-refractivity contribution in [3.05, 3.63) is 0 Å². The van der Waals surface area contributed by atoms with Crippen LogP contribution in [0.1, 0.15) is 52.4 Å². The van der Waals surface area contributed by atoms with Gasteiger partial charge in [0.25, 0.3) is 0 Å². The average Bonchev–Trinajstić information content (AvgIpc) is 2.16. The summed E-state index contributed by atoms with van der Waals surface area (Å²) in [6.45, 7) is 4.25. The van der Waals surface area contributed by atoms with Gasteiger partial charge < -0.3 is 0 Å². The minimum absolute atomic E-state index is 0.0243. The maximum Gasteiger partial charge on any atom is 0.138 e. The number of hydrogen-bond donors (Lipinski definition) is 0. The van der Waals surface area contributed by atoms with Gasteiger partial charge in [0.15, 0.2) is 0 Å². The van der Waals surface area contributed by atoms with E-state index in [0.717, 1.165) is 25.7 Å². The lowest BCUT2D eigenvalue weighted by molar-refractivity contribution is -0.128. The monoisotopic (exact) mass is 154 g/mol. The molecule has 0 aromatic carbocycles. The highest BCUT2D eigenvalue weighted by Crippen LogP contribution is 2.34. The standard InChI is InChI=1S/C10H18O/c1-3-10(2)8-6-4-5-7-9(10)11/h3-8H2,1-2H3/t10-/m1/s1. The van der Waals surface area contributed by atoms with Gasteiger partial charge in [-0.15, -0.1) is 0 Å². The van der Waals surface area contributed by atoms with Crippen LogP contribution in [0.15, 0.2) is 0 Å². The van der Waals surface area contributed by atoms with Crippen molar-refractivity contribution < 1.29 is 4.79 Å². The van der Waals surface area contributed by atoms with Gasteiger partial charge in [-0.3, -0.25) is 4.79 Å². The maximum absolute atomic E-state index is 11.6. The van der Waals surface area contributed by atoms with E-state index in [9.17, 15) is 4.79 Å². The van der Waals surface area contributed by atoms with Gasteiger partial charge >= 0.3 is 0 Å². The van der Waals surface area contributed by atoms with Crippen molar-refractivity contribution in [2.24, 2.45) is 5.41 Å². The molecule has 0 amide bonds. The van der Waals surface area contributed by atoms with Crippen LogP contribution in [0.5, 0.6) is 0 Å². The second-order valence-corrected chi connectivity index (χ2v) is 3.90. The second-order valence-electron chi connectivity index (χ2n) is 3.90. The number of Topliss-reactive ketones (excluding diaryl/α,β-unsaturated/α-hetero) is 1. The quantitative estimate of drug-likeness (QED) is 0.531. The van der Waals surface area contributed by atoms with Gasteiger partial charge in [-0.1, -0.05) is 26.7 Å². The zero-order valence-electron chi connectivity index (χ0n) is 7.65. The lowest BCUT2D eigenvalue weighted by Crippen LogP contribution is -2.25. The van der Waals surface area contributed by atoms with Crippen LogP contribution in [0, 0.1) is 5.41 Å². The first-order chi connectivity index (χ1) is 5.19. The first-order valence-electron chi connectivity index (χ1n) is 4.72. The lowest BCUT2D eigenvalue weighted by atomic mass is 9.79. The highest BCUT2D eigenvalue weighted by atomic mass is 16.1. The van der Waals surface area contributed by atoms with Crippen LogP contribution < -0.4 is 0 Å². The van der Waals surface area contributed by atoms with Gasteiger partial charge in [0, 0.05) is 11.8 Å². The van der Waals surface area contributed by atoms with Crippen LogP contribution in [0.2, 0.25) is 0 Å². The molecule has 0 bridgehead atoms. The Morgan fingerprint density at radius 3 is 2.73 bits per heavy atom. The third-order valence-corrected chi connectivity index (χ3v) is 3.09. The predicted octanol–water partition coefficient (Wildman–Crippen LogP) is 2.94. The Hall–Kier alpha value is -0.330. The molecule has 1 fully saturated rings. The fourth-order valence-corrected chi connectivity index (χ4v) is 1.79. The van der Waals surface area contributed by atoms with Crippen molar-refractivity contribution in [1.29, 1.82) is 0 Å². The molecule has 0 N–H and O–H groups in total. The Morgan fingerprint density at radius 2 is 2.09 bits per heavy atom. The molecule has 0 aromatic heterocycles. The molecule has 0 aliphatic heterocycles. The summed E-state index contributed by atoms with van der Waals surface area (Å²) < 4.78 is 0. The van der Waals surface area contributed by atoms with Gasteiger partial charge in [0.05, 0.1) is 0 Å². The predicted molar refractivity (Wildman–Crippen MR) is 46.5 cm³/mol. The molecule has 0 spiro atoms. The van der Waals surface area contributed by atoms with Crippen LogP contribution in [0.3, 0.4) is 0 Å². The highest BCUT2D eigenvalue weighted by molar-refractivity contribution is 5.84. The Balaban J connectivity index is 2.66. The van der Waals surface area contributed by atoms with Crippen LogP contribution in [-0.2, 0) is 4.79 Å². The molecule has 11 heavy (non-hydrogen) atoms. The normalized spacial score (nSPS) is 33.5. The van der Waals surface area contributed by atoms with Gasteiger partial charge in [0.2, 0.25) is 0 Å². The largest absolute Gasteiger partial charge is 0.299 e. The highest BCUT2D eigenvalue weighted by Gasteiger charge is 2.31. The molecule has 1 saturated carbocycles. The zero-order chi connectivity index (χ0) is 8.32. The molecule has 1 nitrogen and oxygen atoms in total. The fourth-order valence-electron chi connectivity index (χ4n) is 1.79. The molecule has 64 valence electrons. The second kappa shape index (κ2) is 3.38. The minimum atomic E-state index is 0.0243. The van der Waals surface area contributed by atoms with Crippen LogP contribution in [0.4, 0.5) is 0 Å². The van der Waals surface area contributed by atoms with E-state index in [-0.39, 0.29) is 5.41 Å². The molecular formula is C10H18O. The summed E-state index contributed by atoms with van der Waals surface area (Å²) in [5.74, 6) is 0.498. The summed E-state index contributed by atoms with van der Waals surface area (Å²) in [6, 6.07) is 0. The molecule has 1 atom stereocenters. The van der Waals surface area contributed by atoms with E-state index in [2.05, 4.69) is 13.8 Å². The van der Waals surface area contributed by atoms with Crippen LogP contribution >= 0.6 is 0 Å². The molecule has 0 saturated heterocycles. The van der Waals surface area contributed by atoms with Crippen molar-refractivity contribution in [3.8, 4) is 0 Å². The SMILES string of the molecule is CC[C@]1(C)CCCCCC1=O. The zero-order valence-corrected chi connectivity index (χ0v) is 7.65. The Labute approximate surface area is 69.2 Å². The van der Waals surface area contributed by atoms with Gasteiger partial charge in [-0.05, 0) is 19.3 Å². The van der Waals surface area contributed by atoms with Gasteiger partial charge in [-0.25, -0.2) is 0 Å². The lowest BCUT2D eigenvalue weighted by Gasteiger charge is -2.24. The number of carbonyl (C=O) groups is 1. The van der Waals surface area contributed by atoms with Crippen molar-refractivity contribution in [1.82, 2.24) is 0 Å². The first kappa shape index (κ1) is 8.76. The molecule has 1 aliphatic carbocycles. The summed E-state index contributed by atoms with van der Waals surface area (Å²) in [7, 11) is 0. The first-order valence-corrected chi connectivity index (χ1v) is 4.72. The summed E-state index contributed by atoms with van der Waals surface area (Å²) in [4.78, 5) is 11.6. The number of ketones is 1. The molecule has 0 radical (unpaired) electrons. The molecule has 0 heterocycles. The average molecular weight is 154 g/mol. The smallest absolute Gasteiger partial charge is 0.138 e. The summed E-state index contributed by atoms with van der Waals surface area (Å²) in [5, 5.41) is 0. The van der Waals surface area contributed by atoms with Crippen molar-refractivity contribution >= 4 is 5.78 Å². The Morgan fingerprint density at radius 1 is 1.36 bits per heavy atom. The van der Waals surface area contributed by atoms with Crippen LogP contribution in [0.25, 0.3) is 0 Å². The summed E-state index contributed by atoms with van der Waals surface area (Å²) >= 11 is 0. The molecule has 0 unspecified atom stereocenters. The van der Waals surface area contributed by atoms with Crippen LogP contribution in [-0.4, -0.2) is 5.78 Å². The number of rotatable bonds is 1. The third kappa shape index (κ3) is 1.82. The molecular weight excluding hydrogens is 136 g/mol. The summed E-state index contributed by atoms with van der Waals surface area (Å²) in [6.07, 6.45) is 6.57. The molecule has 1 rings (SSSR count). The van der Waals surface area contributed by atoms with E-state index in [1.807, 2.05) is 0 Å². The van der Waals surface area contributed by atoms with E-state index in [1.54, 1.807) is 0 Å². The number of carbonyl (C=O) groups excluding carboxylic acids is 1. The van der Waals surface area contributed by atoms with Crippen molar-refractivity contribution in [2.75, 3.05) is 0 Å². The maximum atomic E-state index is 11.6. The Bertz CT molecular complexity index is 151. The number of hydrogen-bond acceptors (Lipinski definition) is 1. The summed E-state index contributed by atoms with van der Waals surface area (Å²) in [5.41, 5.74) is 0.0243. The third-order valence-electron chi connectivity index (χ3n) is 3.09. The topological polar surface area (TPSA) is 17.1 Å². The molecule has 1 aliphatic rings. The van der Waals surface area contributed by atoms with E-state index in [1.165, 1.54) is 12.8 Å². The fraction of sp³-hybridized carbons (Fsp3) is 0.900. The van der Waals surface area contributed by atoms with E-state index < -0.39 is 0 Å². The molecule has 0 aromatic rings.